The van der Waals surface area contributed by atoms with Crippen molar-refractivity contribution in [3.8, 4) is 11.6 Å². The van der Waals surface area contributed by atoms with Crippen LogP contribution >= 0.6 is 0 Å². The van der Waals surface area contributed by atoms with Gasteiger partial charge in [-0.15, -0.1) is 0 Å². The molecule has 0 radical (unpaired) electrons. The Morgan fingerprint density at radius 3 is 2.32 bits per heavy atom. The van der Waals surface area contributed by atoms with Crippen LogP contribution in [0.2, 0.25) is 0 Å². The van der Waals surface area contributed by atoms with Gasteiger partial charge in [-0.1, -0.05) is 6.07 Å². The van der Waals surface area contributed by atoms with Crippen LogP contribution < -0.4 is 9.64 Å². The molecule has 0 atom stereocenters. The highest BCUT2D eigenvalue weighted by molar-refractivity contribution is 5.63. The lowest BCUT2D eigenvalue weighted by atomic mass is 10.1. The molecule has 8 nitrogen and oxygen atoms in total. The number of nitrogens with zero attached hydrogens (tertiary/aromatic N) is 5. The van der Waals surface area contributed by atoms with Gasteiger partial charge in [0.25, 0.3) is 0 Å². The Morgan fingerprint density at radius 2 is 1.72 bits per heavy atom. The molecule has 2 heterocycles. The average Bonchev–Trinajstić information content (AvgIpc) is 2.54. The predicted octanol–water partition coefficient (Wildman–Crippen LogP) is 2.55. The highest BCUT2D eigenvalue weighted by Crippen LogP contribution is 2.36. The van der Waals surface area contributed by atoms with Gasteiger partial charge in [-0.3, -0.25) is 10.1 Å². The van der Waals surface area contributed by atoms with Crippen LogP contribution in [0.4, 0.5) is 11.5 Å². The Hall–Kier alpha value is -2.74. The first kappa shape index (κ1) is 17.1. The molecule has 1 aliphatic heterocycles. The van der Waals surface area contributed by atoms with Crippen LogP contribution in [0.15, 0.2) is 24.5 Å². The second kappa shape index (κ2) is 7.02. The predicted molar refractivity (Wildman–Crippen MR) is 94.4 cm³/mol. The maximum Gasteiger partial charge on any atom is 0.373 e. The van der Waals surface area contributed by atoms with Gasteiger partial charge in [-0.25, -0.2) is 4.98 Å². The van der Waals surface area contributed by atoms with Crippen LogP contribution in [0.25, 0.3) is 0 Å². The van der Waals surface area contributed by atoms with E-state index in [2.05, 4.69) is 14.9 Å². The van der Waals surface area contributed by atoms with Crippen LogP contribution in [0.3, 0.4) is 0 Å². The third kappa shape index (κ3) is 3.85. The highest BCUT2D eigenvalue weighted by Gasteiger charge is 2.30. The van der Waals surface area contributed by atoms with E-state index in [1.807, 2.05) is 44.0 Å². The summed E-state index contributed by atoms with van der Waals surface area (Å²) in [7, 11) is 2.03. The van der Waals surface area contributed by atoms with Crippen molar-refractivity contribution < 1.29 is 9.66 Å². The highest BCUT2D eigenvalue weighted by atomic mass is 16.6. The van der Waals surface area contributed by atoms with Gasteiger partial charge >= 0.3 is 11.6 Å². The minimum atomic E-state index is -0.467. The number of hydrogen-bond acceptors (Lipinski definition) is 7. The normalized spacial score (nSPS) is 15.2. The Labute approximate surface area is 146 Å². The molecule has 2 aromatic rings. The number of hydrogen-bond donors (Lipinski definition) is 0. The van der Waals surface area contributed by atoms with Gasteiger partial charge in [-0.2, -0.15) is 4.98 Å². The summed E-state index contributed by atoms with van der Waals surface area (Å²) >= 11 is 0. The maximum absolute atomic E-state index is 11.7. The third-order valence-corrected chi connectivity index (χ3v) is 4.16. The summed E-state index contributed by atoms with van der Waals surface area (Å²) < 4.78 is 5.76. The number of nitro groups is 1. The molecule has 1 fully saturated rings. The van der Waals surface area contributed by atoms with E-state index < -0.39 is 4.92 Å². The molecule has 25 heavy (non-hydrogen) atoms. The van der Waals surface area contributed by atoms with Gasteiger partial charge in [0.15, 0.2) is 0 Å². The van der Waals surface area contributed by atoms with Crippen LogP contribution in [-0.4, -0.2) is 53.0 Å². The monoisotopic (exact) mass is 343 g/mol. The Bertz CT molecular complexity index is 768. The first-order valence-corrected chi connectivity index (χ1v) is 8.13. The molecule has 1 aliphatic rings. The van der Waals surface area contributed by atoms with Crippen molar-refractivity contribution in [3.05, 3.63) is 45.8 Å². The molecule has 1 aromatic heterocycles. The van der Waals surface area contributed by atoms with Gasteiger partial charge in [0.1, 0.15) is 12.1 Å². The quantitative estimate of drug-likeness (QED) is 0.623. The molecule has 0 aliphatic carbocycles. The number of likely N-dealkylation sites (N-methyl/N-ethyl adjacent to an activating group) is 1. The maximum atomic E-state index is 11.7. The van der Waals surface area contributed by atoms with Crippen molar-refractivity contribution in [3.63, 3.8) is 0 Å². The van der Waals surface area contributed by atoms with Crippen LogP contribution in [-0.2, 0) is 0 Å². The Kier molecular flexibility index (Phi) is 4.80. The van der Waals surface area contributed by atoms with Gasteiger partial charge in [-0.05, 0) is 44.2 Å². The first-order valence-electron chi connectivity index (χ1n) is 8.13. The molecule has 0 saturated carbocycles. The number of aromatic nitrogens is 2. The fraction of sp³-hybridized carbons (Fsp3) is 0.412. The standard InChI is InChI=1S/C17H21N5O3/c1-12-8-13(2)10-14(9-12)25-17-15(22(23)24)16(18-11-19-17)21-6-4-20(3)5-7-21/h8-11H,4-7H2,1-3H3. The molecule has 8 heteroatoms. The molecule has 0 amide bonds. The van der Waals surface area contributed by atoms with Gasteiger partial charge < -0.3 is 14.5 Å². The lowest BCUT2D eigenvalue weighted by Gasteiger charge is -2.32. The Morgan fingerprint density at radius 1 is 1.08 bits per heavy atom. The zero-order valence-corrected chi connectivity index (χ0v) is 14.6. The molecule has 0 bridgehead atoms. The molecule has 1 saturated heterocycles. The molecular formula is C17H21N5O3. The number of rotatable bonds is 4. The van der Waals surface area contributed by atoms with E-state index in [-0.39, 0.29) is 11.6 Å². The van der Waals surface area contributed by atoms with Crippen molar-refractivity contribution in [1.29, 1.82) is 0 Å². The summed E-state index contributed by atoms with van der Waals surface area (Å²) in [6, 6.07) is 5.67. The van der Waals surface area contributed by atoms with Crippen LogP contribution in [0.5, 0.6) is 11.6 Å². The third-order valence-electron chi connectivity index (χ3n) is 4.16. The topological polar surface area (TPSA) is 84.6 Å². The SMILES string of the molecule is Cc1cc(C)cc(Oc2ncnc(N3CCN(C)CC3)c2[N+](=O)[O-])c1. The molecule has 0 N–H and O–H groups in total. The van der Waals surface area contributed by atoms with E-state index in [4.69, 9.17) is 4.74 Å². The average molecular weight is 343 g/mol. The largest absolute Gasteiger partial charge is 0.434 e. The molecule has 1 aromatic carbocycles. The molecule has 0 unspecified atom stereocenters. The number of ether oxygens (including phenoxy) is 1. The van der Waals surface area contributed by atoms with E-state index in [1.165, 1.54) is 6.33 Å². The lowest BCUT2D eigenvalue weighted by Crippen LogP contribution is -2.45. The van der Waals surface area contributed by atoms with Crippen molar-refractivity contribution in [2.45, 2.75) is 13.8 Å². The summed E-state index contributed by atoms with van der Waals surface area (Å²) in [6.45, 7) is 6.91. The second-order valence-corrected chi connectivity index (χ2v) is 6.32. The second-order valence-electron chi connectivity index (χ2n) is 6.32. The zero-order chi connectivity index (χ0) is 18.0. The number of aryl methyl sites for hydroxylation is 2. The van der Waals surface area contributed by atoms with E-state index >= 15 is 0 Å². The minimum Gasteiger partial charge on any atom is -0.434 e. The zero-order valence-electron chi connectivity index (χ0n) is 14.6. The van der Waals surface area contributed by atoms with Gasteiger partial charge in [0.2, 0.25) is 5.82 Å². The summed E-state index contributed by atoms with van der Waals surface area (Å²) in [5, 5.41) is 11.7. The summed E-state index contributed by atoms with van der Waals surface area (Å²) in [4.78, 5) is 23.5. The number of anilines is 1. The van der Waals surface area contributed by atoms with Gasteiger partial charge in [0, 0.05) is 26.2 Å². The van der Waals surface area contributed by atoms with Crippen molar-refractivity contribution in [1.82, 2.24) is 14.9 Å². The fourth-order valence-electron chi connectivity index (χ4n) is 2.94. The lowest BCUT2D eigenvalue weighted by molar-refractivity contribution is -0.385. The van der Waals surface area contributed by atoms with E-state index in [1.54, 1.807) is 0 Å². The van der Waals surface area contributed by atoms with Crippen molar-refractivity contribution in [2.24, 2.45) is 0 Å². The summed E-state index contributed by atoms with van der Waals surface area (Å²) in [6.07, 6.45) is 1.32. The minimum absolute atomic E-state index is 0.0288. The van der Waals surface area contributed by atoms with Crippen molar-refractivity contribution in [2.75, 3.05) is 38.1 Å². The van der Waals surface area contributed by atoms with E-state index in [9.17, 15) is 10.1 Å². The van der Waals surface area contributed by atoms with Crippen LogP contribution in [0, 0.1) is 24.0 Å². The summed E-state index contributed by atoms with van der Waals surface area (Å²) in [5.41, 5.74) is 1.85. The smallest absolute Gasteiger partial charge is 0.373 e. The van der Waals surface area contributed by atoms with Crippen LogP contribution in [0.1, 0.15) is 11.1 Å². The molecule has 0 spiro atoms. The van der Waals surface area contributed by atoms with E-state index in [0.717, 1.165) is 24.2 Å². The molecular weight excluding hydrogens is 322 g/mol. The fourth-order valence-corrected chi connectivity index (χ4v) is 2.94. The van der Waals surface area contributed by atoms with Gasteiger partial charge in [0.05, 0.1) is 4.92 Å². The first-order chi connectivity index (χ1) is 11.9. The van der Waals surface area contributed by atoms with E-state index in [0.29, 0.717) is 24.7 Å². The summed E-state index contributed by atoms with van der Waals surface area (Å²) in [5.74, 6) is 0.815. The van der Waals surface area contributed by atoms with Crippen molar-refractivity contribution >= 4 is 11.5 Å². The molecule has 132 valence electrons. The molecule has 3 rings (SSSR count). The number of benzene rings is 1. The Balaban J connectivity index is 1.96. The number of piperazine rings is 1.